The molecule has 0 spiro atoms. The number of nitrogens with one attached hydrogen (secondary N) is 1. The van der Waals surface area contributed by atoms with Gasteiger partial charge in [-0.3, -0.25) is 10.2 Å². The van der Waals surface area contributed by atoms with Gasteiger partial charge in [-0.15, -0.1) is 0 Å². The summed E-state index contributed by atoms with van der Waals surface area (Å²) in [6, 6.07) is 12.6. The number of sulfonamides is 1. The van der Waals surface area contributed by atoms with Crippen molar-refractivity contribution in [3.8, 4) is 0 Å². The van der Waals surface area contributed by atoms with Crippen LogP contribution in [0.3, 0.4) is 0 Å². The van der Waals surface area contributed by atoms with Crippen molar-refractivity contribution in [3.63, 3.8) is 0 Å². The summed E-state index contributed by atoms with van der Waals surface area (Å²) in [5.74, 6) is -0.376. The Balaban J connectivity index is 1.50. The Morgan fingerprint density at radius 3 is 2.33 bits per heavy atom. The molecule has 2 fully saturated rings. The topological polar surface area (TPSA) is 87.5 Å². The summed E-state index contributed by atoms with van der Waals surface area (Å²) in [7, 11) is -3.70. The fraction of sp³-hybridized carbons (Fsp3) is 0.417. The van der Waals surface area contributed by atoms with Gasteiger partial charge >= 0.3 is 0 Å². The Bertz CT molecular complexity index is 1260. The number of hydrogen-bond acceptors (Lipinski definition) is 5. The minimum absolute atomic E-state index is 0.231. The van der Waals surface area contributed by atoms with Gasteiger partial charge < -0.3 is 4.90 Å². The quantitative estimate of drug-likeness (QED) is 0.620. The molecule has 0 bridgehead atoms. The Morgan fingerprint density at radius 2 is 1.58 bits per heavy atom. The molecule has 0 unspecified atom stereocenters. The summed E-state index contributed by atoms with van der Waals surface area (Å²) in [5.41, 5.74) is 5.38. The van der Waals surface area contributed by atoms with E-state index >= 15 is 0 Å². The van der Waals surface area contributed by atoms with Gasteiger partial charge in [-0.2, -0.15) is 4.31 Å². The third-order valence-corrected chi connectivity index (χ3v) is 8.45. The number of nitrogens with zero attached hydrogens (tertiary/aromatic N) is 4. The van der Waals surface area contributed by atoms with E-state index in [1.807, 2.05) is 24.3 Å². The largest absolute Gasteiger partial charge is 0.370 e. The standard InChI is InChI=1S/C24H29N5O3S/c30-24(26-29-18-25-20-9-3-4-10-21(20)29)19-11-12-22(27-13-5-1-6-14-27)23(17-19)33(31,32)28-15-7-2-8-16-28/h3-4,9-12,17-18H,1-2,5-8,13-16H2,(H,26,30). The molecular weight excluding hydrogens is 438 g/mol. The van der Waals surface area contributed by atoms with Gasteiger partial charge in [-0.1, -0.05) is 18.6 Å². The Hall–Kier alpha value is -2.91. The molecule has 3 heterocycles. The number of aromatic nitrogens is 2. The molecule has 0 atom stereocenters. The molecule has 0 radical (unpaired) electrons. The van der Waals surface area contributed by atoms with Crippen molar-refractivity contribution >= 4 is 32.7 Å². The van der Waals surface area contributed by atoms with Crippen molar-refractivity contribution in [1.82, 2.24) is 14.0 Å². The maximum atomic E-state index is 13.7. The molecular formula is C24H29N5O3S. The molecule has 174 valence electrons. The molecule has 9 heteroatoms. The summed E-state index contributed by atoms with van der Waals surface area (Å²) >= 11 is 0. The van der Waals surface area contributed by atoms with E-state index in [2.05, 4.69) is 15.3 Å². The molecule has 2 aliphatic rings. The average Bonchev–Trinajstić information content (AvgIpc) is 3.27. The minimum Gasteiger partial charge on any atom is -0.370 e. The number of hydrogen-bond donors (Lipinski definition) is 1. The van der Waals surface area contributed by atoms with E-state index < -0.39 is 10.0 Å². The molecule has 1 aromatic heterocycles. The maximum Gasteiger partial charge on any atom is 0.270 e. The average molecular weight is 468 g/mol. The third-order valence-electron chi connectivity index (χ3n) is 6.53. The highest BCUT2D eigenvalue weighted by Crippen LogP contribution is 2.32. The van der Waals surface area contributed by atoms with Crippen LogP contribution in [0.5, 0.6) is 0 Å². The van der Waals surface area contributed by atoms with Crippen molar-refractivity contribution in [2.45, 2.75) is 43.4 Å². The number of carbonyl (C=O) groups excluding carboxylic acids is 1. The van der Waals surface area contributed by atoms with Gasteiger partial charge in [0.05, 0.1) is 16.7 Å². The first-order chi connectivity index (χ1) is 16.0. The number of amides is 1. The first-order valence-electron chi connectivity index (χ1n) is 11.7. The Kier molecular flexibility index (Phi) is 6.07. The highest BCUT2D eigenvalue weighted by Gasteiger charge is 2.31. The van der Waals surface area contributed by atoms with Gasteiger partial charge in [0.1, 0.15) is 11.2 Å². The number of fused-ring (bicyclic) bond motifs is 1. The summed E-state index contributed by atoms with van der Waals surface area (Å²) < 4.78 is 30.5. The van der Waals surface area contributed by atoms with Crippen molar-refractivity contribution in [3.05, 3.63) is 54.4 Å². The molecule has 5 rings (SSSR count). The molecule has 2 saturated heterocycles. The first-order valence-corrected chi connectivity index (χ1v) is 13.1. The SMILES string of the molecule is O=C(Nn1cnc2ccccc21)c1ccc(N2CCCCC2)c(S(=O)(=O)N2CCCCC2)c1. The number of carbonyl (C=O) groups is 1. The first kappa shape index (κ1) is 21.9. The van der Waals surface area contributed by atoms with Gasteiger partial charge in [0.2, 0.25) is 10.0 Å². The van der Waals surface area contributed by atoms with Crippen LogP contribution in [0.1, 0.15) is 48.9 Å². The van der Waals surface area contributed by atoms with Crippen LogP contribution in [0.15, 0.2) is 53.7 Å². The molecule has 2 aliphatic heterocycles. The van der Waals surface area contributed by atoms with Crippen molar-refractivity contribution in [2.24, 2.45) is 0 Å². The van der Waals surface area contributed by atoms with E-state index in [1.165, 1.54) is 0 Å². The van der Waals surface area contributed by atoms with Crippen LogP contribution in [-0.4, -0.2) is 54.5 Å². The van der Waals surface area contributed by atoms with Crippen LogP contribution < -0.4 is 10.3 Å². The lowest BCUT2D eigenvalue weighted by atomic mass is 10.1. The van der Waals surface area contributed by atoms with Gasteiger partial charge in [-0.25, -0.2) is 18.1 Å². The Labute approximate surface area is 194 Å². The summed E-state index contributed by atoms with van der Waals surface area (Å²) in [5, 5.41) is 0. The van der Waals surface area contributed by atoms with Crippen LogP contribution in [0.4, 0.5) is 5.69 Å². The second-order valence-corrected chi connectivity index (χ2v) is 10.6. The molecule has 0 saturated carbocycles. The predicted octanol–water partition coefficient (Wildman–Crippen LogP) is 3.59. The molecule has 8 nitrogen and oxygen atoms in total. The Morgan fingerprint density at radius 1 is 0.879 bits per heavy atom. The molecule has 1 amide bonds. The van der Waals surface area contributed by atoms with Crippen LogP contribution in [0.25, 0.3) is 11.0 Å². The number of anilines is 1. The minimum atomic E-state index is -3.70. The van der Waals surface area contributed by atoms with Gasteiger partial charge in [-0.05, 0) is 62.4 Å². The van der Waals surface area contributed by atoms with Gasteiger partial charge in [0.15, 0.2) is 0 Å². The smallest absolute Gasteiger partial charge is 0.270 e. The highest BCUT2D eigenvalue weighted by atomic mass is 32.2. The van der Waals surface area contributed by atoms with E-state index in [0.29, 0.717) is 24.3 Å². The molecule has 1 N–H and O–H groups in total. The van der Waals surface area contributed by atoms with E-state index in [-0.39, 0.29) is 10.8 Å². The van der Waals surface area contributed by atoms with Crippen LogP contribution in [0.2, 0.25) is 0 Å². The third kappa shape index (κ3) is 4.35. The van der Waals surface area contributed by atoms with Gasteiger partial charge in [0.25, 0.3) is 5.91 Å². The van der Waals surface area contributed by atoms with Crippen molar-refractivity contribution in [1.29, 1.82) is 0 Å². The number of benzene rings is 2. The predicted molar refractivity (Wildman–Crippen MR) is 129 cm³/mol. The number of imidazole rings is 1. The summed E-state index contributed by atoms with van der Waals surface area (Å²) in [4.78, 5) is 19.8. The lowest BCUT2D eigenvalue weighted by Gasteiger charge is -2.33. The van der Waals surface area contributed by atoms with Crippen LogP contribution >= 0.6 is 0 Å². The fourth-order valence-corrected chi connectivity index (χ4v) is 6.48. The fourth-order valence-electron chi connectivity index (χ4n) is 4.72. The second-order valence-electron chi connectivity index (χ2n) is 8.74. The van der Waals surface area contributed by atoms with E-state index in [9.17, 15) is 13.2 Å². The number of rotatable bonds is 5. The molecule has 2 aromatic carbocycles. The van der Waals surface area contributed by atoms with E-state index in [0.717, 1.165) is 62.6 Å². The summed E-state index contributed by atoms with van der Waals surface area (Å²) in [6.07, 6.45) is 7.57. The molecule has 0 aliphatic carbocycles. The lowest BCUT2D eigenvalue weighted by Crippen LogP contribution is -2.38. The highest BCUT2D eigenvalue weighted by molar-refractivity contribution is 7.89. The monoisotopic (exact) mass is 467 g/mol. The lowest BCUT2D eigenvalue weighted by molar-refractivity contribution is 0.101. The number of para-hydroxylation sites is 2. The zero-order chi connectivity index (χ0) is 22.8. The van der Waals surface area contributed by atoms with Gasteiger partial charge in [0, 0.05) is 31.7 Å². The normalized spacial score (nSPS) is 17.9. The molecule has 3 aromatic rings. The second kappa shape index (κ2) is 9.15. The number of piperidine rings is 2. The van der Waals surface area contributed by atoms with E-state index in [1.54, 1.807) is 33.5 Å². The maximum absolute atomic E-state index is 13.7. The molecule has 33 heavy (non-hydrogen) atoms. The summed E-state index contributed by atoms with van der Waals surface area (Å²) in [6.45, 7) is 2.71. The van der Waals surface area contributed by atoms with Crippen molar-refractivity contribution in [2.75, 3.05) is 36.5 Å². The zero-order valence-electron chi connectivity index (χ0n) is 18.6. The zero-order valence-corrected chi connectivity index (χ0v) is 19.4. The van der Waals surface area contributed by atoms with E-state index in [4.69, 9.17) is 0 Å². The van der Waals surface area contributed by atoms with Crippen LogP contribution in [0, 0.1) is 0 Å². The van der Waals surface area contributed by atoms with Crippen molar-refractivity contribution < 1.29 is 13.2 Å². The van der Waals surface area contributed by atoms with Crippen LogP contribution in [-0.2, 0) is 10.0 Å².